The molecule has 2 aromatic rings. The SMILES string of the molecule is COc1ccc(/C(=C\c2cc(OC)c(SC(=O)N(C)C)c(OC)c2)C(=O)O)cc1. The van der Waals surface area contributed by atoms with Crippen molar-refractivity contribution in [1.82, 2.24) is 4.90 Å². The molecule has 8 heteroatoms. The van der Waals surface area contributed by atoms with Crippen molar-refractivity contribution in [3.8, 4) is 17.2 Å². The lowest BCUT2D eigenvalue weighted by Crippen LogP contribution is -2.16. The van der Waals surface area contributed by atoms with Crippen LogP contribution in [-0.2, 0) is 4.79 Å². The van der Waals surface area contributed by atoms with E-state index in [2.05, 4.69) is 0 Å². The van der Waals surface area contributed by atoms with Gasteiger partial charge >= 0.3 is 5.97 Å². The molecule has 0 atom stereocenters. The summed E-state index contributed by atoms with van der Waals surface area (Å²) in [6.07, 6.45) is 1.53. The van der Waals surface area contributed by atoms with Crippen molar-refractivity contribution in [2.75, 3.05) is 35.4 Å². The van der Waals surface area contributed by atoms with Gasteiger partial charge in [0.05, 0.1) is 26.9 Å². The third-order valence-electron chi connectivity index (χ3n) is 3.98. The quantitative estimate of drug-likeness (QED) is 0.412. The molecule has 0 fully saturated rings. The van der Waals surface area contributed by atoms with Crippen LogP contribution in [0.5, 0.6) is 17.2 Å². The molecule has 29 heavy (non-hydrogen) atoms. The molecular formula is C21H23NO6S. The van der Waals surface area contributed by atoms with E-state index in [1.165, 1.54) is 25.2 Å². The summed E-state index contributed by atoms with van der Waals surface area (Å²) in [6, 6.07) is 10.1. The summed E-state index contributed by atoms with van der Waals surface area (Å²) in [5.74, 6) is 0.383. The van der Waals surface area contributed by atoms with Gasteiger partial charge in [0, 0.05) is 14.1 Å². The average Bonchev–Trinajstić information content (AvgIpc) is 2.72. The highest BCUT2D eigenvalue weighted by molar-refractivity contribution is 8.13. The molecule has 0 unspecified atom stereocenters. The first kappa shape index (κ1) is 22.2. The first-order valence-corrected chi connectivity index (χ1v) is 9.37. The smallest absolute Gasteiger partial charge is 0.336 e. The number of rotatable bonds is 7. The van der Waals surface area contributed by atoms with E-state index >= 15 is 0 Å². The number of amides is 1. The van der Waals surface area contributed by atoms with Crippen LogP contribution in [0.1, 0.15) is 11.1 Å². The van der Waals surface area contributed by atoms with E-state index in [0.29, 0.717) is 33.3 Å². The molecule has 154 valence electrons. The molecule has 0 aliphatic heterocycles. The summed E-state index contributed by atoms with van der Waals surface area (Å²) < 4.78 is 16.0. The molecule has 0 aliphatic rings. The van der Waals surface area contributed by atoms with E-state index in [-0.39, 0.29) is 10.8 Å². The van der Waals surface area contributed by atoms with Gasteiger partial charge < -0.3 is 24.2 Å². The normalized spacial score (nSPS) is 11.0. The Balaban J connectivity index is 2.53. The van der Waals surface area contributed by atoms with Crippen molar-refractivity contribution in [1.29, 1.82) is 0 Å². The number of carbonyl (C=O) groups excluding carboxylic acids is 1. The fraction of sp³-hybridized carbons (Fsp3) is 0.238. The summed E-state index contributed by atoms with van der Waals surface area (Å²) in [6.45, 7) is 0. The number of methoxy groups -OCH3 is 3. The zero-order valence-electron chi connectivity index (χ0n) is 16.9. The van der Waals surface area contributed by atoms with Gasteiger partial charge in [0.25, 0.3) is 5.24 Å². The number of carbonyl (C=O) groups is 2. The van der Waals surface area contributed by atoms with E-state index < -0.39 is 5.97 Å². The second kappa shape index (κ2) is 9.88. The van der Waals surface area contributed by atoms with Gasteiger partial charge in [-0.2, -0.15) is 0 Å². The molecular weight excluding hydrogens is 394 g/mol. The number of benzene rings is 2. The lowest BCUT2D eigenvalue weighted by molar-refractivity contribution is -0.130. The van der Waals surface area contributed by atoms with Crippen LogP contribution < -0.4 is 14.2 Å². The van der Waals surface area contributed by atoms with Crippen LogP contribution in [0.15, 0.2) is 41.3 Å². The molecule has 0 saturated heterocycles. The van der Waals surface area contributed by atoms with Crippen molar-refractivity contribution in [2.24, 2.45) is 0 Å². The summed E-state index contributed by atoms with van der Waals surface area (Å²) in [4.78, 5) is 25.9. The molecule has 0 saturated carbocycles. The Hall–Kier alpha value is -3.13. The maximum absolute atomic E-state index is 12.1. The third kappa shape index (κ3) is 5.45. The van der Waals surface area contributed by atoms with Crippen molar-refractivity contribution in [3.63, 3.8) is 0 Å². The van der Waals surface area contributed by atoms with Crippen molar-refractivity contribution in [2.45, 2.75) is 4.90 Å². The molecule has 1 amide bonds. The van der Waals surface area contributed by atoms with Gasteiger partial charge in [-0.15, -0.1) is 0 Å². The van der Waals surface area contributed by atoms with Gasteiger partial charge in [0.15, 0.2) is 0 Å². The fourth-order valence-corrected chi connectivity index (χ4v) is 3.31. The average molecular weight is 417 g/mol. The van der Waals surface area contributed by atoms with Gasteiger partial charge in [-0.3, -0.25) is 4.79 Å². The summed E-state index contributed by atoms with van der Waals surface area (Å²) in [5, 5.41) is 9.50. The Morgan fingerprint density at radius 3 is 1.93 bits per heavy atom. The zero-order valence-corrected chi connectivity index (χ0v) is 17.7. The lowest BCUT2D eigenvalue weighted by atomic mass is 10.0. The summed E-state index contributed by atoms with van der Waals surface area (Å²) >= 11 is 0.975. The van der Waals surface area contributed by atoms with Crippen LogP contribution in [0.25, 0.3) is 11.6 Å². The molecule has 1 N–H and O–H groups in total. The van der Waals surface area contributed by atoms with Gasteiger partial charge in [-0.1, -0.05) is 12.1 Å². The minimum atomic E-state index is -1.07. The lowest BCUT2D eigenvalue weighted by Gasteiger charge is -2.16. The van der Waals surface area contributed by atoms with E-state index in [9.17, 15) is 14.7 Å². The maximum Gasteiger partial charge on any atom is 0.336 e. The molecule has 0 spiro atoms. The highest BCUT2D eigenvalue weighted by Gasteiger charge is 2.19. The van der Waals surface area contributed by atoms with Crippen LogP contribution >= 0.6 is 11.8 Å². The zero-order chi connectivity index (χ0) is 21.6. The Labute approximate surface area is 173 Å². The van der Waals surface area contributed by atoms with Gasteiger partial charge in [-0.05, 0) is 53.2 Å². The topological polar surface area (TPSA) is 85.3 Å². The second-order valence-electron chi connectivity index (χ2n) is 6.11. The van der Waals surface area contributed by atoms with Crippen LogP contribution in [0.4, 0.5) is 4.79 Å². The standard InChI is InChI=1S/C21H23NO6S/c1-22(2)21(25)29-19-17(27-4)11-13(12-18(19)28-5)10-16(20(23)24)14-6-8-15(26-3)9-7-14/h6-12H,1-5H3,(H,23,24)/b16-10+. The number of carboxylic acids is 1. The minimum Gasteiger partial charge on any atom is -0.497 e. The Morgan fingerprint density at radius 2 is 1.52 bits per heavy atom. The molecule has 0 aliphatic carbocycles. The number of thioether (sulfide) groups is 1. The Kier molecular flexibility index (Phi) is 7.55. The first-order valence-electron chi connectivity index (χ1n) is 8.55. The first-order chi connectivity index (χ1) is 13.8. The van der Waals surface area contributed by atoms with Crippen molar-refractivity contribution < 1.29 is 28.9 Å². The van der Waals surface area contributed by atoms with E-state index in [0.717, 1.165) is 11.8 Å². The molecule has 2 rings (SSSR count). The van der Waals surface area contributed by atoms with Crippen LogP contribution in [0.3, 0.4) is 0 Å². The molecule has 2 aromatic carbocycles. The molecule has 0 heterocycles. The third-order valence-corrected chi connectivity index (χ3v) is 5.13. The molecule has 7 nitrogen and oxygen atoms in total. The van der Waals surface area contributed by atoms with Crippen molar-refractivity contribution in [3.05, 3.63) is 47.5 Å². The summed E-state index contributed by atoms with van der Waals surface area (Å²) in [5.41, 5.74) is 1.19. The van der Waals surface area contributed by atoms with Gasteiger partial charge in [0.2, 0.25) is 0 Å². The number of aliphatic carboxylic acids is 1. The highest BCUT2D eigenvalue weighted by atomic mass is 32.2. The highest BCUT2D eigenvalue weighted by Crippen LogP contribution is 2.40. The molecule has 0 radical (unpaired) electrons. The fourth-order valence-electron chi connectivity index (χ4n) is 2.47. The van der Waals surface area contributed by atoms with Crippen LogP contribution in [0.2, 0.25) is 0 Å². The van der Waals surface area contributed by atoms with E-state index in [1.54, 1.807) is 57.6 Å². The van der Waals surface area contributed by atoms with Gasteiger partial charge in [-0.25, -0.2) is 4.79 Å². The van der Waals surface area contributed by atoms with Crippen LogP contribution in [0, 0.1) is 0 Å². The monoisotopic (exact) mass is 417 g/mol. The van der Waals surface area contributed by atoms with Crippen molar-refractivity contribution >= 4 is 34.6 Å². The largest absolute Gasteiger partial charge is 0.497 e. The number of hydrogen-bond acceptors (Lipinski definition) is 6. The predicted octanol–water partition coefficient (Wildman–Crippen LogP) is 4.11. The number of carboxylic acid groups (broad SMARTS) is 1. The maximum atomic E-state index is 12.1. The minimum absolute atomic E-state index is 0.0986. The predicted molar refractivity (Wildman–Crippen MR) is 113 cm³/mol. The van der Waals surface area contributed by atoms with E-state index in [4.69, 9.17) is 14.2 Å². The number of hydrogen-bond donors (Lipinski definition) is 1. The number of nitrogens with zero attached hydrogens (tertiary/aromatic N) is 1. The molecule has 0 bridgehead atoms. The summed E-state index contributed by atoms with van der Waals surface area (Å²) in [7, 11) is 7.81. The van der Waals surface area contributed by atoms with E-state index in [1.807, 2.05) is 0 Å². The Bertz CT molecular complexity index is 896. The Morgan fingerprint density at radius 1 is 0.966 bits per heavy atom. The van der Waals surface area contributed by atoms with Gasteiger partial charge in [0.1, 0.15) is 22.1 Å². The number of ether oxygens (including phenoxy) is 3. The molecule has 0 aromatic heterocycles. The van der Waals surface area contributed by atoms with Crippen LogP contribution in [-0.4, -0.2) is 56.6 Å². The second-order valence-corrected chi connectivity index (χ2v) is 7.07.